The molecular weight excluding hydrogens is 258 g/mol. The molecule has 2 aromatic rings. The van der Waals surface area contributed by atoms with E-state index in [-0.39, 0.29) is 0 Å². The highest BCUT2D eigenvalue weighted by Crippen LogP contribution is 2.20. The Hall–Kier alpha value is -1.32. The van der Waals surface area contributed by atoms with Crippen molar-refractivity contribution in [2.24, 2.45) is 0 Å². The van der Waals surface area contributed by atoms with Crippen LogP contribution in [0.15, 0.2) is 30.5 Å². The molecule has 4 heteroatoms. The van der Waals surface area contributed by atoms with E-state index in [1.54, 1.807) is 0 Å². The molecule has 0 atom stereocenters. The van der Waals surface area contributed by atoms with Gasteiger partial charge in [-0.05, 0) is 37.5 Å². The topological polar surface area (TPSA) is 29.9 Å². The van der Waals surface area contributed by atoms with Crippen LogP contribution in [0.1, 0.15) is 29.7 Å². The van der Waals surface area contributed by atoms with Gasteiger partial charge in [0.15, 0.2) is 0 Å². The lowest BCUT2D eigenvalue weighted by Crippen LogP contribution is -2.15. The average Bonchev–Trinajstić information content (AvgIpc) is 3.17. The lowest BCUT2D eigenvalue weighted by Gasteiger charge is -2.06. The van der Waals surface area contributed by atoms with Crippen LogP contribution in [-0.2, 0) is 13.1 Å². The number of hydrogen-bond donors (Lipinski definition) is 1. The lowest BCUT2D eigenvalue weighted by atomic mass is 10.2. The van der Waals surface area contributed by atoms with Crippen LogP contribution in [-0.4, -0.2) is 15.8 Å². The van der Waals surface area contributed by atoms with Gasteiger partial charge in [-0.1, -0.05) is 23.7 Å². The van der Waals surface area contributed by atoms with Crippen molar-refractivity contribution in [2.45, 2.75) is 38.9 Å². The third-order valence-corrected chi connectivity index (χ3v) is 3.86. The monoisotopic (exact) mass is 275 g/mol. The molecule has 0 aliphatic heterocycles. The summed E-state index contributed by atoms with van der Waals surface area (Å²) in [5, 5.41) is 8.78. The fourth-order valence-corrected chi connectivity index (χ4v) is 2.25. The summed E-state index contributed by atoms with van der Waals surface area (Å²) < 4.78 is 2.05. The number of rotatable bonds is 5. The van der Waals surface area contributed by atoms with Crippen molar-refractivity contribution in [3.05, 3.63) is 52.3 Å². The molecule has 0 bridgehead atoms. The summed E-state index contributed by atoms with van der Waals surface area (Å²) in [6.07, 6.45) is 4.61. The molecule has 19 heavy (non-hydrogen) atoms. The summed E-state index contributed by atoms with van der Waals surface area (Å²) in [6, 6.07) is 8.67. The normalized spacial score (nSPS) is 14.8. The maximum atomic E-state index is 5.90. The van der Waals surface area contributed by atoms with Crippen molar-refractivity contribution in [3.63, 3.8) is 0 Å². The Kier molecular flexibility index (Phi) is 3.58. The molecule has 1 saturated carbocycles. The molecule has 0 amide bonds. The molecule has 1 N–H and O–H groups in total. The second kappa shape index (κ2) is 5.35. The molecule has 1 aliphatic carbocycles. The molecule has 3 rings (SSSR count). The largest absolute Gasteiger partial charge is 0.310 e. The molecule has 0 spiro atoms. The average molecular weight is 276 g/mol. The van der Waals surface area contributed by atoms with Crippen LogP contribution in [0.3, 0.4) is 0 Å². The molecule has 1 fully saturated rings. The van der Waals surface area contributed by atoms with Crippen molar-refractivity contribution in [3.8, 4) is 0 Å². The quantitative estimate of drug-likeness (QED) is 0.908. The molecule has 1 aliphatic rings. The summed E-state index contributed by atoms with van der Waals surface area (Å²) in [5.41, 5.74) is 3.75. The lowest BCUT2D eigenvalue weighted by molar-refractivity contribution is 0.654. The fourth-order valence-electron chi connectivity index (χ4n) is 2.12. The van der Waals surface area contributed by atoms with Crippen LogP contribution in [0, 0.1) is 6.92 Å². The Bertz CT molecular complexity index is 555. The SMILES string of the molecule is Cc1c(CNC2CC2)cnn1Cc1ccc(Cl)cc1. The van der Waals surface area contributed by atoms with Crippen LogP contribution in [0.4, 0.5) is 0 Å². The van der Waals surface area contributed by atoms with E-state index in [9.17, 15) is 0 Å². The zero-order valence-corrected chi connectivity index (χ0v) is 11.8. The highest BCUT2D eigenvalue weighted by Gasteiger charge is 2.20. The minimum absolute atomic E-state index is 0.735. The van der Waals surface area contributed by atoms with Gasteiger partial charge in [-0.2, -0.15) is 5.10 Å². The smallest absolute Gasteiger partial charge is 0.0662 e. The fraction of sp³-hybridized carbons (Fsp3) is 0.400. The van der Waals surface area contributed by atoms with Gasteiger partial charge < -0.3 is 5.32 Å². The summed E-state index contributed by atoms with van der Waals surface area (Å²) in [5.74, 6) is 0. The molecular formula is C15H18ClN3. The van der Waals surface area contributed by atoms with Crippen LogP contribution in [0.2, 0.25) is 5.02 Å². The Labute approximate surface area is 118 Å². The van der Waals surface area contributed by atoms with Gasteiger partial charge in [0.1, 0.15) is 0 Å². The van der Waals surface area contributed by atoms with E-state index < -0.39 is 0 Å². The molecule has 1 aromatic carbocycles. The summed E-state index contributed by atoms with van der Waals surface area (Å²) in [6.45, 7) is 3.86. The summed E-state index contributed by atoms with van der Waals surface area (Å²) in [7, 11) is 0. The Morgan fingerprint density at radius 3 is 2.74 bits per heavy atom. The van der Waals surface area contributed by atoms with E-state index in [1.165, 1.54) is 29.7 Å². The molecule has 100 valence electrons. The van der Waals surface area contributed by atoms with E-state index in [0.29, 0.717) is 0 Å². The maximum Gasteiger partial charge on any atom is 0.0662 e. The van der Waals surface area contributed by atoms with E-state index in [2.05, 4.69) is 17.3 Å². The predicted molar refractivity (Wildman–Crippen MR) is 77.4 cm³/mol. The van der Waals surface area contributed by atoms with Crippen molar-refractivity contribution in [1.29, 1.82) is 0 Å². The Balaban J connectivity index is 1.68. The number of halogens is 1. The van der Waals surface area contributed by atoms with Crippen molar-refractivity contribution < 1.29 is 0 Å². The standard InChI is InChI=1S/C15H18ClN3/c1-11-13(8-17-15-6-7-15)9-18-19(11)10-12-2-4-14(16)5-3-12/h2-5,9,15,17H,6-8,10H2,1H3. The third kappa shape index (κ3) is 3.17. The zero-order chi connectivity index (χ0) is 13.2. The maximum absolute atomic E-state index is 5.90. The van der Waals surface area contributed by atoms with Crippen LogP contribution in [0.5, 0.6) is 0 Å². The van der Waals surface area contributed by atoms with E-state index in [0.717, 1.165) is 24.2 Å². The Morgan fingerprint density at radius 1 is 1.32 bits per heavy atom. The first kappa shape index (κ1) is 12.7. The van der Waals surface area contributed by atoms with Crippen LogP contribution >= 0.6 is 11.6 Å². The van der Waals surface area contributed by atoms with Gasteiger partial charge in [0.2, 0.25) is 0 Å². The van der Waals surface area contributed by atoms with Gasteiger partial charge in [0.25, 0.3) is 0 Å². The van der Waals surface area contributed by atoms with Crippen molar-refractivity contribution in [2.75, 3.05) is 0 Å². The summed E-state index contributed by atoms with van der Waals surface area (Å²) >= 11 is 5.90. The van der Waals surface area contributed by atoms with Crippen molar-refractivity contribution >= 4 is 11.6 Å². The number of benzene rings is 1. The van der Waals surface area contributed by atoms with Crippen molar-refractivity contribution in [1.82, 2.24) is 15.1 Å². The molecule has 3 nitrogen and oxygen atoms in total. The van der Waals surface area contributed by atoms with E-state index in [1.807, 2.05) is 35.1 Å². The van der Waals surface area contributed by atoms with Crippen LogP contribution in [0.25, 0.3) is 0 Å². The van der Waals surface area contributed by atoms with Crippen LogP contribution < -0.4 is 5.32 Å². The minimum atomic E-state index is 0.735. The molecule has 1 heterocycles. The molecule has 0 saturated heterocycles. The first-order valence-electron chi connectivity index (χ1n) is 6.71. The molecule has 0 radical (unpaired) electrons. The molecule has 1 aromatic heterocycles. The number of nitrogens with zero attached hydrogens (tertiary/aromatic N) is 2. The second-order valence-corrected chi connectivity index (χ2v) is 5.63. The van der Waals surface area contributed by atoms with E-state index >= 15 is 0 Å². The number of aromatic nitrogens is 2. The van der Waals surface area contributed by atoms with Gasteiger partial charge >= 0.3 is 0 Å². The third-order valence-electron chi connectivity index (χ3n) is 3.61. The van der Waals surface area contributed by atoms with Gasteiger partial charge in [0, 0.05) is 28.9 Å². The Morgan fingerprint density at radius 2 is 2.05 bits per heavy atom. The minimum Gasteiger partial charge on any atom is -0.310 e. The highest BCUT2D eigenvalue weighted by atomic mass is 35.5. The predicted octanol–water partition coefficient (Wildman–Crippen LogP) is 3.15. The number of hydrogen-bond acceptors (Lipinski definition) is 2. The van der Waals surface area contributed by atoms with Gasteiger partial charge in [0.05, 0.1) is 12.7 Å². The molecule has 0 unspecified atom stereocenters. The second-order valence-electron chi connectivity index (χ2n) is 5.19. The van der Waals surface area contributed by atoms with E-state index in [4.69, 9.17) is 11.6 Å². The zero-order valence-electron chi connectivity index (χ0n) is 11.1. The highest BCUT2D eigenvalue weighted by molar-refractivity contribution is 6.30. The number of nitrogens with one attached hydrogen (secondary N) is 1. The van der Waals surface area contributed by atoms with Gasteiger partial charge in [-0.3, -0.25) is 4.68 Å². The van der Waals surface area contributed by atoms with Gasteiger partial charge in [-0.15, -0.1) is 0 Å². The first-order chi connectivity index (χ1) is 9.22. The first-order valence-corrected chi connectivity index (χ1v) is 7.09. The van der Waals surface area contributed by atoms with Gasteiger partial charge in [-0.25, -0.2) is 0 Å². The summed E-state index contributed by atoms with van der Waals surface area (Å²) in [4.78, 5) is 0.